The summed E-state index contributed by atoms with van der Waals surface area (Å²) in [5.41, 5.74) is 0.958. The van der Waals surface area contributed by atoms with E-state index in [2.05, 4.69) is 34.7 Å². The van der Waals surface area contributed by atoms with E-state index < -0.39 is 0 Å². The standard InChI is InChI=1S/C16H25N3O/c1-13(2)17-15(20)18-16(9-11-19(3)12-10-16)14-7-5-4-6-8-14/h4-8,13H,9-12H2,1-3H3,(H2,17,18,20). The topological polar surface area (TPSA) is 44.4 Å². The summed E-state index contributed by atoms with van der Waals surface area (Å²) in [4.78, 5) is 14.5. The van der Waals surface area contributed by atoms with Crippen molar-refractivity contribution in [1.29, 1.82) is 0 Å². The van der Waals surface area contributed by atoms with Gasteiger partial charge in [0, 0.05) is 19.1 Å². The van der Waals surface area contributed by atoms with Gasteiger partial charge in [0.25, 0.3) is 0 Å². The summed E-state index contributed by atoms with van der Waals surface area (Å²) < 4.78 is 0. The van der Waals surface area contributed by atoms with Crippen LogP contribution in [0.15, 0.2) is 30.3 Å². The molecular formula is C16H25N3O. The van der Waals surface area contributed by atoms with E-state index in [1.54, 1.807) is 0 Å². The Kier molecular flexibility index (Phi) is 4.65. The fourth-order valence-corrected chi connectivity index (χ4v) is 2.76. The molecule has 0 spiro atoms. The number of hydrogen-bond acceptors (Lipinski definition) is 2. The molecule has 0 aliphatic carbocycles. The zero-order chi connectivity index (χ0) is 14.6. The second-order valence-corrected chi connectivity index (χ2v) is 6.00. The zero-order valence-electron chi connectivity index (χ0n) is 12.6. The summed E-state index contributed by atoms with van der Waals surface area (Å²) in [5.74, 6) is 0. The van der Waals surface area contributed by atoms with E-state index in [1.165, 1.54) is 5.56 Å². The molecule has 0 saturated carbocycles. The molecule has 20 heavy (non-hydrogen) atoms. The van der Waals surface area contributed by atoms with E-state index in [9.17, 15) is 4.79 Å². The third-order valence-corrected chi connectivity index (χ3v) is 3.94. The van der Waals surface area contributed by atoms with Crippen LogP contribution in [-0.2, 0) is 5.54 Å². The van der Waals surface area contributed by atoms with Crippen LogP contribution >= 0.6 is 0 Å². The molecule has 1 aromatic rings. The summed E-state index contributed by atoms with van der Waals surface area (Å²) in [7, 11) is 2.13. The Bertz CT molecular complexity index is 436. The normalized spacial score (nSPS) is 18.8. The lowest BCUT2D eigenvalue weighted by atomic mass is 9.81. The minimum Gasteiger partial charge on any atom is -0.336 e. The monoisotopic (exact) mass is 275 g/mol. The van der Waals surface area contributed by atoms with Gasteiger partial charge >= 0.3 is 6.03 Å². The van der Waals surface area contributed by atoms with E-state index in [-0.39, 0.29) is 17.6 Å². The quantitative estimate of drug-likeness (QED) is 0.889. The maximum Gasteiger partial charge on any atom is 0.315 e. The number of carbonyl (C=O) groups is 1. The molecule has 1 fully saturated rings. The van der Waals surface area contributed by atoms with Gasteiger partial charge in [-0.1, -0.05) is 30.3 Å². The van der Waals surface area contributed by atoms with E-state index in [1.807, 2.05) is 32.0 Å². The van der Waals surface area contributed by atoms with Gasteiger partial charge in [-0.05, 0) is 39.3 Å². The van der Waals surface area contributed by atoms with Crippen molar-refractivity contribution in [3.63, 3.8) is 0 Å². The van der Waals surface area contributed by atoms with Gasteiger partial charge in [0.2, 0.25) is 0 Å². The number of piperidine rings is 1. The van der Waals surface area contributed by atoms with Gasteiger partial charge in [0.1, 0.15) is 0 Å². The highest BCUT2D eigenvalue weighted by molar-refractivity contribution is 5.75. The molecule has 1 heterocycles. The minimum absolute atomic E-state index is 0.0755. The largest absolute Gasteiger partial charge is 0.336 e. The van der Waals surface area contributed by atoms with Crippen LogP contribution in [0.4, 0.5) is 4.79 Å². The maximum atomic E-state index is 12.1. The average molecular weight is 275 g/mol. The number of benzene rings is 1. The Morgan fingerprint density at radius 3 is 2.35 bits per heavy atom. The van der Waals surface area contributed by atoms with Crippen LogP contribution in [0.3, 0.4) is 0 Å². The fourth-order valence-electron chi connectivity index (χ4n) is 2.76. The first-order valence-corrected chi connectivity index (χ1v) is 7.34. The molecule has 0 bridgehead atoms. The molecule has 1 aromatic carbocycles. The summed E-state index contributed by atoms with van der Waals surface area (Å²) >= 11 is 0. The number of amides is 2. The van der Waals surface area contributed by atoms with E-state index in [0.29, 0.717) is 0 Å². The SMILES string of the molecule is CC(C)NC(=O)NC1(c2ccccc2)CCN(C)CC1. The number of likely N-dealkylation sites (tertiary alicyclic amines) is 1. The molecule has 4 heteroatoms. The Labute approximate surface area is 121 Å². The van der Waals surface area contributed by atoms with Crippen molar-refractivity contribution in [1.82, 2.24) is 15.5 Å². The van der Waals surface area contributed by atoms with Crippen molar-refractivity contribution in [2.45, 2.75) is 38.3 Å². The highest BCUT2D eigenvalue weighted by Gasteiger charge is 2.36. The van der Waals surface area contributed by atoms with Crippen molar-refractivity contribution in [2.75, 3.05) is 20.1 Å². The van der Waals surface area contributed by atoms with Crippen LogP contribution in [0.1, 0.15) is 32.3 Å². The maximum absolute atomic E-state index is 12.1. The average Bonchev–Trinajstić information content (AvgIpc) is 2.42. The van der Waals surface area contributed by atoms with Crippen LogP contribution in [-0.4, -0.2) is 37.1 Å². The van der Waals surface area contributed by atoms with Crippen molar-refractivity contribution < 1.29 is 4.79 Å². The number of carbonyl (C=O) groups excluding carboxylic acids is 1. The Morgan fingerprint density at radius 1 is 1.20 bits per heavy atom. The predicted molar refractivity (Wildman–Crippen MR) is 81.7 cm³/mol. The number of urea groups is 1. The molecule has 0 aromatic heterocycles. The Hall–Kier alpha value is -1.55. The molecule has 0 unspecified atom stereocenters. The highest BCUT2D eigenvalue weighted by Crippen LogP contribution is 2.32. The van der Waals surface area contributed by atoms with E-state index in [4.69, 9.17) is 0 Å². The molecule has 0 radical (unpaired) electrons. The summed E-state index contributed by atoms with van der Waals surface area (Å²) in [6, 6.07) is 10.4. The number of nitrogens with one attached hydrogen (secondary N) is 2. The summed E-state index contributed by atoms with van der Waals surface area (Å²) in [6.45, 7) is 5.94. The third kappa shape index (κ3) is 3.51. The van der Waals surface area contributed by atoms with E-state index in [0.717, 1.165) is 25.9 Å². The van der Waals surface area contributed by atoms with Gasteiger partial charge in [-0.25, -0.2) is 4.79 Å². The molecule has 1 saturated heterocycles. The lowest BCUT2D eigenvalue weighted by Gasteiger charge is -2.41. The lowest BCUT2D eigenvalue weighted by molar-refractivity contribution is 0.155. The molecule has 0 atom stereocenters. The van der Waals surface area contributed by atoms with Crippen LogP contribution < -0.4 is 10.6 Å². The van der Waals surface area contributed by atoms with Crippen molar-refractivity contribution in [2.24, 2.45) is 0 Å². The number of nitrogens with zero attached hydrogens (tertiary/aromatic N) is 1. The van der Waals surface area contributed by atoms with Crippen LogP contribution in [0.2, 0.25) is 0 Å². The second kappa shape index (κ2) is 6.27. The predicted octanol–water partition coefficient (Wildman–Crippen LogP) is 2.32. The van der Waals surface area contributed by atoms with Gasteiger partial charge in [-0.2, -0.15) is 0 Å². The molecule has 2 N–H and O–H groups in total. The third-order valence-electron chi connectivity index (χ3n) is 3.94. The lowest BCUT2D eigenvalue weighted by Crippen LogP contribution is -2.55. The van der Waals surface area contributed by atoms with E-state index >= 15 is 0 Å². The van der Waals surface area contributed by atoms with Crippen LogP contribution in [0.25, 0.3) is 0 Å². The Balaban J connectivity index is 2.19. The highest BCUT2D eigenvalue weighted by atomic mass is 16.2. The first kappa shape index (κ1) is 14.9. The van der Waals surface area contributed by atoms with Crippen LogP contribution in [0.5, 0.6) is 0 Å². The smallest absolute Gasteiger partial charge is 0.315 e. The molecule has 2 amide bonds. The van der Waals surface area contributed by atoms with Gasteiger partial charge in [0.05, 0.1) is 5.54 Å². The minimum atomic E-state index is -0.243. The molecular weight excluding hydrogens is 250 g/mol. The summed E-state index contributed by atoms with van der Waals surface area (Å²) in [5, 5.41) is 6.16. The number of hydrogen-bond donors (Lipinski definition) is 2. The first-order valence-electron chi connectivity index (χ1n) is 7.34. The summed E-state index contributed by atoms with van der Waals surface area (Å²) in [6.07, 6.45) is 1.89. The Morgan fingerprint density at radius 2 is 1.80 bits per heavy atom. The van der Waals surface area contributed by atoms with Gasteiger partial charge in [-0.3, -0.25) is 0 Å². The van der Waals surface area contributed by atoms with Crippen LogP contribution in [0, 0.1) is 0 Å². The van der Waals surface area contributed by atoms with Gasteiger partial charge in [-0.15, -0.1) is 0 Å². The number of rotatable bonds is 3. The molecule has 110 valence electrons. The fraction of sp³-hybridized carbons (Fsp3) is 0.562. The van der Waals surface area contributed by atoms with Gasteiger partial charge < -0.3 is 15.5 Å². The zero-order valence-corrected chi connectivity index (χ0v) is 12.6. The molecule has 1 aliphatic rings. The molecule has 4 nitrogen and oxygen atoms in total. The first-order chi connectivity index (χ1) is 9.52. The van der Waals surface area contributed by atoms with Crippen molar-refractivity contribution in [3.8, 4) is 0 Å². The molecule has 1 aliphatic heterocycles. The molecule has 2 rings (SSSR count). The van der Waals surface area contributed by atoms with Gasteiger partial charge in [0.15, 0.2) is 0 Å². The van der Waals surface area contributed by atoms with Crippen molar-refractivity contribution in [3.05, 3.63) is 35.9 Å². The van der Waals surface area contributed by atoms with Crippen molar-refractivity contribution >= 4 is 6.03 Å². The second-order valence-electron chi connectivity index (χ2n) is 6.00.